The number of hydrogen-bond donors (Lipinski definition) is 3. The van der Waals surface area contributed by atoms with Crippen LogP contribution in [-0.2, 0) is 4.79 Å². The van der Waals surface area contributed by atoms with Crippen molar-refractivity contribution in [2.75, 3.05) is 6.54 Å². The maximum Gasteiger partial charge on any atom is 0.322 e. The fourth-order valence-corrected chi connectivity index (χ4v) is 4.18. The van der Waals surface area contributed by atoms with Crippen molar-refractivity contribution in [1.82, 2.24) is 20.9 Å². The summed E-state index contributed by atoms with van der Waals surface area (Å²) in [5.74, 6) is -0.605. The highest BCUT2D eigenvalue weighted by molar-refractivity contribution is 7.11. The summed E-state index contributed by atoms with van der Waals surface area (Å²) < 4.78 is 0. The van der Waals surface area contributed by atoms with Gasteiger partial charge in [0.2, 0.25) is 0 Å². The van der Waals surface area contributed by atoms with E-state index in [-0.39, 0.29) is 17.7 Å². The molecule has 0 aromatic carbocycles. The quantitative estimate of drug-likeness (QED) is 0.719. The van der Waals surface area contributed by atoms with Crippen molar-refractivity contribution in [2.24, 2.45) is 5.92 Å². The van der Waals surface area contributed by atoms with Crippen molar-refractivity contribution in [2.45, 2.75) is 38.6 Å². The van der Waals surface area contributed by atoms with Gasteiger partial charge in [-0.25, -0.2) is 9.78 Å². The van der Waals surface area contributed by atoms with Gasteiger partial charge in [-0.15, -0.1) is 11.3 Å². The molecule has 7 nitrogen and oxygen atoms in total. The van der Waals surface area contributed by atoms with Gasteiger partial charge in [0, 0.05) is 17.3 Å². The molecule has 3 N–H and O–H groups in total. The normalized spacial score (nSPS) is 27.1. The maximum atomic E-state index is 12.2. The van der Waals surface area contributed by atoms with Crippen LogP contribution in [0.25, 0.3) is 0 Å². The van der Waals surface area contributed by atoms with Crippen LogP contribution in [-0.4, -0.2) is 34.9 Å². The number of amides is 4. The molecule has 1 spiro atoms. The van der Waals surface area contributed by atoms with Crippen molar-refractivity contribution in [3.8, 4) is 0 Å². The molecule has 1 aliphatic carbocycles. The number of imide groups is 1. The minimum Gasteiger partial charge on any atom is -0.350 e. The molecule has 1 aromatic rings. The smallest absolute Gasteiger partial charge is 0.322 e. The largest absolute Gasteiger partial charge is 0.350 e. The number of nitrogens with one attached hydrogen (secondary N) is 3. The average Bonchev–Trinajstić information content (AvgIpc) is 3.08. The third kappa shape index (κ3) is 2.37. The lowest BCUT2D eigenvalue weighted by molar-refractivity contribution is -0.125. The van der Waals surface area contributed by atoms with Gasteiger partial charge in [-0.1, -0.05) is 6.42 Å². The first-order valence-electron chi connectivity index (χ1n) is 7.28. The zero-order valence-electron chi connectivity index (χ0n) is 12.5. The highest BCUT2D eigenvalue weighted by Gasteiger charge is 2.54. The molecule has 118 valence electrons. The summed E-state index contributed by atoms with van der Waals surface area (Å²) in [4.78, 5) is 40.8. The first-order chi connectivity index (χ1) is 10.4. The summed E-state index contributed by atoms with van der Waals surface area (Å²) in [6, 6.07) is -0.450. The van der Waals surface area contributed by atoms with Crippen LogP contribution in [0.3, 0.4) is 0 Å². The number of carbonyl (C=O) groups excluding carboxylic acids is 3. The summed E-state index contributed by atoms with van der Waals surface area (Å²) in [7, 11) is 0. The summed E-state index contributed by atoms with van der Waals surface area (Å²) in [5, 5.41) is 8.75. The van der Waals surface area contributed by atoms with Gasteiger partial charge in [-0.2, -0.15) is 0 Å². The Morgan fingerprint density at radius 2 is 2.23 bits per heavy atom. The molecular weight excluding hydrogens is 304 g/mol. The Bertz CT molecular complexity index is 657. The molecule has 2 atom stereocenters. The highest BCUT2D eigenvalue weighted by atomic mass is 32.1. The summed E-state index contributed by atoms with van der Waals surface area (Å²) in [6.07, 6.45) is 2.26. The molecular formula is C14H18N4O3S. The lowest BCUT2D eigenvalue weighted by Gasteiger charge is -2.28. The van der Waals surface area contributed by atoms with Crippen LogP contribution in [0.15, 0.2) is 0 Å². The molecule has 1 aromatic heterocycles. The number of carbonyl (C=O) groups is 3. The van der Waals surface area contributed by atoms with Gasteiger partial charge in [-0.05, 0) is 26.7 Å². The minimum atomic E-state index is -0.864. The molecule has 8 heteroatoms. The molecule has 0 radical (unpaired) electrons. The molecule has 2 aliphatic rings. The first-order valence-corrected chi connectivity index (χ1v) is 8.10. The van der Waals surface area contributed by atoms with E-state index in [9.17, 15) is 14.4 Å². The molecule has 2 heterocycles. The molecule has 0 bridgehead atoms. The summed E-state index contributed by atoms with van der Waals surface area (Å²) in [5.41, 5.74) is -0.424. The lowest BCUT2D eigenvalue weighted by Crippen LogP contribution is -2.53. The fourth-order valence-electron chi connectivity index (χ4n) is 3.36. The van der Waals surface area contributed by atoms with E-state index in [2.05, 4.69) is 20.9 Å². The monoisotopic (exact) mass is 322 g/mol. The summed E-state index contributed by atoms with van der Waals surface area (Å²) >= 11 is 1.48. The zero-order valence-corrected chi connectivity index (χ0v) is 13.3. The molecule has 3 rings (SSSR count). The van der Waals surface area contributed by atoms with Crippen molar-refractivity contribution >= 4 is 29.2 Å². The molecule has 1 aliphatic heterocycles. The standard InChI is InChI=1S/C14H18N4O3S/c1-7-10(16-8(2)22-7)11(19)15-6-9-4-3-5-14(9)12(20)17-13(21)18-14/h9H,3-6H2,1-2H3,(H,15,19)(H2,17,18,20,21). The van der Waals surface area contributed by atoms with E-state index < -0.39 is 11.6 Å². The van der Waals surface area contributed by atoms with E-state index in [4.69, 9.17) is 0 Å². The predicted octanol–water partition coefficient (Wildman–Crippen LogP) is 0.868. The molecule has 2 fully saturated rings. The van der Waals surface area contributed by atoms with E-state index in [0.717, 1.165) is 22.7 Å². The van der Waals surface area contributed by atoms with Crippen molar-refractivity contribution in [3.05, 3.63) is 15.6 Å². The number of aromatic nitrogens is 1. The van der Waals surface area contributed by atoms with Crippen LogP contribution < -0.4 is 16.0 Å². The van der Waals surface area contributed by atoms with Gasteiger partial charge in [0.15, 0.2) is 0 Å². The zero-order chi connectivity index (χ0) is 15.9. The lowest BCUT2D eigenvalue weighted by atomic mass is 9.87. The Balaban J connectivity index is 1.68. The van der Waals surface area contributed by atoms with E-state index in [0.29, 0.717) is 18.7 Å². The van der Waals surface area contributed by atoms with Crippen LogP contribution in [0, 0.1) is 19.8 Å². The molecule has 22 heavy (non-hydrogen) atoms. The second-order valence-electron chi connectivity index (χ2n) is 5.82. The van der Waals surface area contributed by atoms with Gasteiger partial charge in [-0.3, -0.25) is 14.9 Å². The number of nitrogens with zero attached hydrogens (tertiary/aromatic N) is 1. The van der Waals surface area contributed by atoms with Gasteiger partial charge in [0.05, 0.1) is 5.01 Å². The van der Waals surface area contributed by atoms with E-state index >= 15 is 0 Å². The number of aryl methyl sites for hydroxylation is 2. The number of thiazole rings is 1. The van der Waals surface area contributed by atoms with Crippen LogP contribution in [0.5, 0.6) is 0 Å². The average molecular weight is 322 g/mol. The molecule has 2 unspecified atom stereocenters. The predicted molar refractivity (Wildman–Crippen MR) is 80.7 cm³/mol. The van der Waals surface area contributed by atoms with Crippen LogP contribution in [0.4, 0.5) is 4.79 Å². The van der Waals surface area contributed by atoms with Crippen LogP contribution in [0.1, 0.15) is 39.6 Å². The molecule has 4 amide bonds. The third-order valence-electron chi connectivity index (χ3n) is 4.42. The number of hydrogen-bond acceptors (Lipinski definition) is 5. The van der Waals surface area contributed by atoms with Gasteiger partial charge < -0.3 is 10.6 Å². The first kappa shape index (κ1) is 15.0. The Hall–Kier alpha value is -1.96. The van der Waals surface area contributed by atoms with E-state index in [1.807, 2.05) is 13.8 Å². The summed E-state index contributed by atoms with van der Waals surface area (Å²) in [6.45, 7) is 4.07. The number of rotatable bonds is 3. The van der Waals surface area contributed by atoms with Crippen LogP contribution >= 0.6 is 11.3 Å². The molecule has 1 saturated heterocycles. The topological polar surface area (TPSA) is 100 Å². The Kier molecular flexibility index (Phi) is 3.64. The Labute approximate surface area is 131 Å². The maximum absolute atomic E-state index is 12.2. The third-order valence-corrected chi connectivity index (χ3v) is 5.30. The minimum absolute atomic E-state index is 0.0945. The molecule has 1 saturated carbocycles. The fraction of sp³-hybridized carbons (Fsp3) is 0.571. The van der Waals surface area contributed by atoms with Crippen LogP contribution in [0.2, 0.25) is 0 Å². The second kappa shape index (κ2) is 5.35. The van der Waals surface area contributed by atoms with E-state index in [1.54, 1.807) is 0 Å². The van der Waals surface area contributed by atoms with Crippen molar-refractivity contribution in [1.29, 1.82) is 0 Å². The highest BCUT2D eigenvalue weighted by Crippen LogP contribution is 2.37. The van der Waals surface area contributed by atoms with Gasteiger partial charge >= 0.3 is 6.03 Å². The Morgan fingerprint density at radius 1 is 1.45 bits per heavy atom. The Morgan fingerprint density at radius 3 is 2.82 bits per heavy atom. The van der Waals surface area contributed by atoms with Crippen molar-refractivity contribution < 1.29 is 14.4 Å². The SMILES string of the molecule is Cc1nc(C(=O)NCC2CCCC23NC(=O)NC3=O)c(C)s1. The van der Waals surface area contributed by atoms with E-state index in [1.165, 1.54) is 11.3 Å². The number of urea groups is 1. The van der Waals surface area contributed by atoms with Gasteiger partial charge in [0.1, 0.15) is 11.2 Å². The second-order valence-corrected chi connectivity index (χ2v) is 7.22. The van der Waals surface area contributed by atoms with Gasteiger partial charge in [0.25, 0.3) is 11.8 Å². The van der Waals surface area contributed by atoms with Crippen molar-refractivity contribution in [3.63, 3.8) is 0 Å².